The number of rotatable bonds is 8. The van der Waals surface area contributed by atoms with E-state index in [0.717, 1.165) is 0 Å². The van der Waals surface area contributed by atoms with Gasteiger partial charge in [0.15, 0.2) is 18.1 Å². The van der Waals surface area contributed by atoms with Crippen LogP contribution in [0.5, 0.6) is 11.5 Å². The second-order valence-corrected chi connectivity index (χ2v) is 5.62. The van der Waals surface area contributed by atoms with Gasteiger partial charge in [0.2, 0.25) is 0 Å². The van der Waals surface area contributed by atoms with Crippen molar-refractivity contribution in [2.45, 2.75) is 6.92 Å². The van der Waals surface area contributed by atoms with Crippen molar-refractivity contribution in [1.29, 1.82) is 5.26 Å². The molecule has 0 spiro atoms. The number of amides is 1. The molecule has 0 saturated carbocycles. The van der Waals surface area contributed by atoms with E-state index in [1.54, 1.807) is 36.4 Å². The lowest BCUT2D eigenvalue weighted by Gasteiger charge is -2.11. The molecule has 0 aliphatic rings. The van der Waals surface area contributed by atoms with Crippen LogP contribution in [0.1, 0.15) is 18.1 Å². The number of carbonyl (C=O) groups is 1. The molecule has 8 heteroatoms. The van der Waals surface area contributed by atoms with Crippen LogP contribution in [0.2, 0.25) is 5.02 Å². The summed E-state index contributed by atoms with van der Waals surface area (Å²) >= 11 is 6.18. The van der Waals surface area contributed by atoms with Crippen molar-refractivity contribution in [2.24, 2.45) is 5.16 Å². The minimum atomic E-state index is -0.376. The number of hydrogen-bond donors (Lipinski definition) is 1. The summed E-state index contributed by atoms with van der Waals surface area (Å²) in [4.78, 5) is 16.8. The molecule has 1 amide bonds. The number of anilines is 1. The fraction of sp³-hybridized carbons (Fsp3) is 0.211. The van der Waals surface area contributed by atoms with Crippen LogP contribution in [0.3, 0.4) is 0 Å². The highest BCUT2D eigenvalue weighted by Crippen LogP contribution is 2.35. The molecule has 2 aromatic carbocycles. The molecule has 1 N–H and O–H groups in total. The maximum atomic E-state index is 11.8. The maximum Gasteiger partial charge on any atom is 0.265 e. The van der Waals surface area contributed by atoms with E-state index >= 15 is 0 Å². The van der Waals surface area contributed by atoms with Crippen molar-refractivity contribution in [1.82, 2.24) is 0 Å². The van der Waals surface area contributed by atoms with Gasteiger partial charge in [0.1, 0.15) is 0 Å². The number of hydrogen-bond acceptors (Lipinski definition) is 6. The van der Waals surface area contributed by atoms with Crippen LogP contribution in [0.15, 0.2) is 41.6 Å². The highest BCUT2D eigenvalue weighted by atomic mass is 35.5. The van der Waals surface area contributed by atoms with E-state index in [9.17, 15) is 4.79 Å². The summed E-state index contributed by atoms with van der Waals surface area (Å²) in [5.41, 5.74) is 1.71. The molecule has 2 aromatic rings. The number of nitrogens with one attached hydrogen (secondary N) is 1. The predicted molar refractivity (Wildman–Crippen MR) is 103 cm³/mol. The molecule has 0 heterocycles. The van der Waals surface area contributed by atoms with Crippen molar-refractivity contribution in [2.75, 3.05) is 25.6 Å². The third-order valence-electron chi connectivity index (χ3n) is 3.31. The number of oxime groups is 1. The third-order valence-corrected chi connectivity index (χ3v) is 3.59. The molecule has 0 saturated heterocycles. The van der Waals surface area contributed by atoms with Crippen LogP contribution in [0.4, 0.5) is 5.69 Å². The number of nitriles is 1. The average Bonchev–Trinajstić information content (AvgIpc) is 2.67. The monoisotopic (exact) mass is 387 g/mol. The quantitative estimate of drug-likeness (QED) is 0.551. The van der Waals surface area contributed by atoms with E-state index in [0.29, 0.717) is 39.9 Å². The summed E-state index contributed by atoms with van der Waals surface area (Å²) in [6.07, 6.45) is 1.42. The van der Waals surface area contributed by atoms with Gasteiger partial charge in [-0.05, 0) is 43.3 Å². The summed E-state index contributed by atoms with van der Waals surface area (Å²) in [6, 6.07) is 11.8. The third kappa shape index (κ3) is 5.90. The van der Waals surface area contributed by atoms with Gasteiger partial charge >= 0.3 is 0 Å². The second kappa shape index (κ2) is 10.0. The Morgan fingerprint density at radius 2 is 2.07 bits per heavy atom. The Bertz CT molecular complexity index is 860. The number of ether oxygens (including phenoxy) is 2. The molecule has 0 aliphatic carbocycles. The standard InChI is InChI=1S/C19H18ClN3O4/c1-3-26-19-16(20)8-14(9-17(19)25-2)11-22-27-12-18(24)23-15-6-4-13(10-21)5-7-15/h4-9,11H,3,12H2,1-2H3,(H,23,24)/b22-11-. The molecule has 0 aromatic heterocycles. The molecule has 0 atom stereocenters. The fourth-order valence-corrected chi connectivity index (χ4v) is 2.39. The van der Waals surface area contributed by atoms with Gasteiger partial charge in [0.25, 0.3) is 5.91 Å². The lowest BCUT2D eigenvalue weighted by molar-refractivity contribution is -0.120. The summed E-state index contributed by atoms with van der Waals surface area (Å²) < 4.78 is 10.7. The van der Waals surface area contributed by atoms with Gasteiger partial charge in [0, 0.05) is 11.3 Å². The van der Waals surface area contributed by atoms with E-state index in [1.165, 1.54) is 13.3 Å². The van der Waals surface area contributed by atoms with Crippen molar-refractivity contribution in [3.05, 3.63) is 52.5 Å². The zero-order chi connectivity index (χ0) is 19.6. The van der Waals surface area contributed by atoms with Crippen LogP contribution in [-0.2, 0) is 9.63 Å². The van der Waals surface area contributed by atoms with Crippen LogP contribution < -0.4 is 14.8 Å². The first-order chi connectivity index (χ1) is 13.1. The smallest absolute Gasteiger partial charge is 0.265 e. The Hall–Kier alpha value is -3.24. The molecular weight excluding hydrogens is 370 g/mol. The van der Waals surface area contributed by atoms with Gasteiger partial charge in [-0.15, -0.1) is 0 Å². The van der Waals surface area contributed by atoms with Crippen molar-refractivity contribution in [3.8, 4) is 17.6 Å². The van der Waals surface area contributed by atoms with E-state index in [-0.39, 0.29) is 12.5 Å². The first kappa shape index (κ1) is 20.1. The molecule has 27 heavy (non-hydrogen) atoms. The van der Waals surface area contributed by atoms with Crippen LogP contribution in [0.25, 0.3) is 0 Å². The van der Waals surface area contributed by atoms with Gasteiger partial charge in [-0.2, -0.15) is 5.26 Å². The Kier molecular flexibility index (Phi) is 7.47. The SMILES string of the molecule is CCOc1c(Cl)cc(/C=N\OCC(=O)Nc2ccc(C#N)cc2)cc1OC. The Morgan fingerprint density at radius 3 is 2.70 bits per heavy atom. The van der Waals surface area contributed by atoms with E-state index in [2.05, 4.69) is 10.5 Å². The number of benzene rings is 2. The Labute approximate surface area is 162 Å². The molecule has 0 unspecified atom stereocenters. The largest absolute Gasteiger partial charge is 0.493 e. The lowest BCUT2D eigenvalue weighted by atomic mass is 10.2. The highest BCUT2D eigenvalue weighted by Gasteiger charge is 2.11. The van der Waals surface area contributed by atoms with Gasteiger partial charge in [-0.1, -0.05) is 16.8 Å². The van der Waals surface area contributed by atoms with Gasteiger partial charge < -0.3 is 19.6 Å². The minimum Gasteiger partial charge on any atom is -0.493 e. The Morgan fingerprint density at radius 1 is 1.33 bits per heavy atom. The molecule has 0 radical (unpaired) electrons. The van der Waals surface area contributed by atoms with Gasteiger partial charge in [-0.3, -0.25) is 4.79 Å². The fourth-order valence-electron chi connectivity index (χ4n) is 2.12. The predicted octanol–water partition coefficient (Wildman–Crippen LogP) is 3.61. The minimum absolute atomic E-state index is 0.265. The molecule has 0 fully saturated rings. The maximum absolute atomic E-state index is 11.8. The first-order valence-corrected chi connectivity index (χ1v) is 8.40. The molecule has 0 bridgehead atoms. The number of methoxy groups -OCH3 is 1. The van der Waals surface area contributed by atoms with E-state index in [4.69, 9.17) is 31.2 Å². The molecule has 7 nitrogen and oxygen atoms in total. The number of carbonyl (C=O) groups excluding carboxylic acids is 1. The summed E-state index contributed by atoms with van der Waals surface area (Å²) in [5, 5.41) is 15.5. The molecule has 0 aliphatic heterocycles. The highest BCUT2D eigenvalue weighted by molar-refractivity contribution is 6.32. The van der Waals surface area contributed by atoms with E-state index in [1.807, 2.05) is 13.0 Å². The average molecular weight is 388 g/mol. The van der Waals surface area contributed by atoms with Crippen LogP contribution >= 0.6 is 11.6 Å². The second-order valence-electron chi connectivity index (χ2n) is 5.21. The van der Waals surface area contributed by atoms with Gasteiger partial charge in [-0.25, -0.2) is 0 Å². The molecular formula is C19H18ClN3O4. The molecule has 140 valence electrons. The van der Waals surface area contributed by atoms with Crippen LogP contribution in [0, 0.1) is 11.3 Å². The normalized spacial score (nSPS) is 10.3. The number of nitrogens with zero attached hydrogens (tertiary/aromatic N) is 2. The lowest BCUT2D eigenvalue weighted by Crippen LogP contribution is -2.16. The first-order valence-electron chi connectivity index (χ1n) is 8.03. The van der Waals surface area contributed by atoms with Crippen molar-refractivity contribution in [3.63, 3.8) is 0 Å². The number of halogens is 1. The Balaban J connectivity index is 1.90. The topological polar surface area (TPSA) is 92.9 Å². The van der Waals surface area contributed by atoms with Crippen LogP contribution in [-0.4, -0.2) is 32.4 Å². The van der Waals surface area contributed by atoms with E-state index < -0.39 is 0 Å². The summed E-state index contributed by atoms with van der Waals surface area (Å²) in [5.74, 6) is 0.560. The molecule has 2 rings (SSSR count). The zero-order valence-electron chi connectivity index (χ0n) is 14.9. The summed E-state index contributed by atoms with van der Waals surface area (Å²) in [6.45, 7) is 2.04. The summed E-state index contributed by atoms with van der Waals surface area (Å²) in [7, 11) is 1.51. The van der Waals surface area contributed by atoms with Crippen molar-refractivity contribution < 1.29 is 19.1 Å². The van der Waals surface area contributed by atoms with Crippen molar-refractivity contribution >= 4 is 29.4 Å². The van der Waals surface area contributed by atoms with Gasteiger partial charge in [0.05, 0.1) is 36.6 Å². The zero-order valence-corrected chi connectivity index (χ0v) is 15.6.